The Balaban J connectivity index is 2.12. The molecule has 0 bridgehead atoms. The smallest absolute Gasteiger partial charge is 0.391 e. The fourth-order valence-electron chi connectivity index (χ4n) is 2.63. The van der Waals surface area contributed by atoms with Gasteiger partial charge in [-0.3, -0.25) is 4.57 Å². The van der Waals surface area contributed by atoms with Gasteiger partial charge in [0, 0.05) is 0 Å². The SMILES string of the molecule is CC(C)(C)Cc1ccc2[nH]c(-c3ccoc3P(=O)(O)O)nc2c1F. The minimum Gasteiger partial charge on any atom is -0.456 e. The molecule has 0 unspecified atom stereocenters. The van der Waals surface area contributed by atoms with Crippen LogP contribution >= 0.6 is 7.60 Å². The zero-order valence-electron chi connectivity index (χ0n) is 13.5. The van der Waals surface area contributed by atoms with E-state index >= 15 is 0 Å². The predicted octanol–water partition coefficient (Wildman–Crippen LogP) is 3.35. The highest BCUT2D eigenvalue weighted by Gasteiger charge is 2.28. The minimum atomic E-state index is -4.59. The van der Waals surface area contributed by atoms with Crippen molar-refractivity contribution >= 4 is 24.1 Å². The minimum absolute atomic E-state index is 0.0776. The largest absolute Gasteiger partial charge is 0.456 e. The summed E-state index contributed by atoms with van der Waals surface area (Å²) in [5, 5.41) is 0. The summed E-state index contributed by atoms with van der Waals surface area (Å²) >= 11 is 0. The van der Waals surface area contributed by atoms with Crippen LogP contribution in [0.4, 0.5) is 4.39 Å². The van der Waals surface area contributed by atoms with Crippen LogP contribution in [-0.4, -0.2) is 19.8 Å². The first-order valence-electron chi connectivity index (χ1n) is 7.37. The van der Waals surface area contributed by atoms with E-state index in [1.54, 1.807) is 12.1 Å². The van der Waals surface area contributed by atoms with Gasteiger partial charge in [-0.25, -0.2) is 9.37 Å². The maximum atomic E-state index is 14.7. The van der Waals surface area contributed by atoms with Crippen molar-refractivity contribution in [2.45, 2.75) is 27.2 Å². The van der Waals surface area contributed by atoms with Crippen molar-refractivity contribution in [3.63, 3.8) is 0 Å². The fraction of sp³-hybridized carbons (Fsp3) is 0.312. The van der Waals surface area contributed by atoms with Crippen LogP contribution in [0.5, 0.6) is 0 Å². The third kappa shape index (κ3) is 3.15. The molecule has 3 rings (SSSR count). The highest BCUT2D eigenvalue weighted by molar-refractivity contribution is 7.60. The first-order valence-corrected chi connectivity index (χ1v) is 8.98. The highest BCUT2D eigenvalue weighted by atomic mass is 31.2. The normalized spacial score (nSPS) is 12.9. The maximum absolute atomic E-state index is 14.7. The lowest BCUT2D eigenvalue weighted by Gasteiger charge is -2.18. The van der Waals surface area contributed by atoms with Crippen molar-refractivity contribution in [2.75, 3.05) is 0 Å². The van der Waals surface area contributed by atoms with Crippen LogP contribution in [0.2, 0.25) is 0 Å². The number of rotatable bonds is 3. The van der Waals surface area contributed by atoms with E-state index in [1.165, 1.54) is 12.3 Å². The number of benzene rings is 1. The average molecular weight is 352 g/mol. The summed E-state index contributed by atoms with van der Waals surface area (Å²) in [7, 11) is -4.59. The van der Waals surface area contributed by atoms with Crippen LogP contribution in [-0.2, 0) is 11.0 Å². The van der Waals surface area contributed by atoms with Crippen LogP contribution in [0.1, 0.15) is 26.3 Å². The number of imidazole rings is 1. The van der Waals surface area contributed by atoms with Crippen molar-refractivity contribution in [3.8, 4) is 11.4 Å². The van der Waals surface area contributed by atoms with Crippen molar-refractivity contribution in [2.24, 2.45) is 5.41 Å². The number of hydrogen-bond donors (Lipinski definition) is 3. The number of fused-ring (bicyclic) bond motifs is 1. The number of halogens is 1. The van der Waals surface area contributed by atoms with Crippen LogP contribution in [0.15, 0.2) is 28.9 Å². The number of aromatic nitrogens is 2. The lowest BCUT2D eigenvalue weighted by Crippen LogP contribution is -2.10. The van der Waals surface area contributed by atoms with Gasteiger partial charge < -0.3 is 19.2 Å². The summed E-state index contributed by atoms with van der Waals surface area (Å²) in [6.07, 6.45) is 1.72. The molecule has 8 heteroatoms. The quantitative estimate of drug-likeness (QED) is 0.628. The van der Waals surface area contributed by atoms with Gasteiger partial charge in [0.2, 0.25) is 5.50 Å². The van der Waals surface area contributed by atoms with Crippen LogP contribution in [0, 0.1) is 11.2 Å². The van der Waals surface area contributed by atoms with Gasteiger partial charge in [-0.2, -0.15) is 0 Å². The molecule has 1 aromatic carbocycles. The second-order valence-electron chi connectivity index (χ2n) is 6.94. The lowest BCUT2D eigenvalue weighted by molar-refractivity contribution is 0.376. The second kappa shape index (κ2) is 5.55. The summed E-state index contributed by atoms with van der Waals surface area (Å²) in [5.74, 6) is -0.268. The molecule has 0 atom stereocenters. The summed E-state index contributed by atoms with van der Waals surface area (Å²) in [6.45, 7) is 6.05. The van der Waals surface area contributed by atoms with E-state index in [-0.39, 0.29) is 22.3 Å². The van der Waals surface area contributed by atoms with Crippen LogP contribution < -0.4 is 5.50 Å². The van der Waals surface area contributed by atoms with E-state index in [2.05, 4.69) is 9.97 Å². The first-order chi connectivity index (χ1) is 11.1. The molecule has 0 spiro atoms. The number of nitrogens with zero attached hydrogens (tertiary/aromatic N) is 1. The topological polar surface area (TPSA) is 99.4 Å². The Morgan fingerprint density at radius 1 is 1.29 bits per heavy atom. The van der Waals surface area contributed by atoms with Gasteiger partial charge in [-0.05, 0) is 29.5 Å². The van der Waals surface area contributed by atoms with E-state index in [4.69, 9.17) is 4.42 Å². The Bertz CT molecular complexity index is 949. The summed E-state index contributed by atoms with van der Waals surface area (Å²) in [5.41, 5.74) is 0.706. The molecule has 2 aromatic heterocycles. The van der Waals surface area contributed by atoms with Crippen molar-refractivity contribution in [1.82, 2.24) is 9.97 Å². The molecule has 0 amide bonds. The van der Waals surface area contributed by atoms with Crippen molar-refractivity contribution in [1.29, 1.82) is 0 Å². The maximum Gasteiger partial charge on any atom is 0.391 e. The van der Waals surface area contributed by atoms with Crippen LogP contribution in [0.3, 0.4) is 0 Å². The fourth-order valence-corrected chi connectivity index (χ4v) is 3.32. The summed E-state index contributed by atoms with van der Waals surface area (Å²) in [4.78, 5) is 25.7. The van der Waals surface area contributed by atoms with E-state index in [0.29, 0.717) is 17.5 Å². The Kier molecular flexibility index (Phi) is 3.91. The van der Waals surface area contributed by atoms with E-state index in [0.717, 1.165) is 0 Å². The molecule has 0 aliphatic rings. The molecule has 3 aromatic rings. The molecule has 0 saturated heterocycles. The average Bonchev–Trinajstić information content (AvgIpc) is 3.05. The number of nitrogens with one attached hydrogen (secondary N) is 1. The third-order valence-electron chi connectivity index (χ3n) is 3.56. The van der Waals surface area contributed by atoms with Crippen LogP contribution in [0.25, 0.3) is 22.4 Å². The molecule has 0 radical (unpaired) electrons. The second-order valence-corrected chi connectivity index (χ2v) is 8.44. The van der Waals surface area contributed by atoms with Gasteiger partial charge in [-0.1, -0.05) is 26.8 Å². The van der Waals surface area contributed by atoms with Gasteiger partial charge in [0.25, 0.3) is 0 Å². The predicted molar refractivity (Wildman–Crippen MR) is 88.6 cm³/mol. The molecule has 128 valence electrons. The van der Waals surface area contributed by atoms with E-state index < -0.39 is 18.9 Å². The number of H-pyrrole nitrogens is 1. The molecule has 3 N–H and O–H groups in total. The number of furan rings is 1. The Hall–Kier alpha value is -1.95. The number of aromatic amines is 1. The van der Waals surface area contributed by atoms with Gasteiger partial charge in [0.05, 0.1) is 17.3 Å². The molecule has 0 fully saturated rings. The molecular formula is C16H18FN2O4P. The summed E-state index contributed by atoms with van der Waals surface area (Å²) < 4.78 is 31.1. The molecule has 0 aliphatic heterocycles. The third-order valence-corrected chi connectivity index (χ3v) is 4.43. The zero-order chi connectivity index (χ0) is 17.7. The molecule has 24 heavy (non-hydrogen) atoms. The zero-order valence-corrected chi connectivity index (χ0v) is 14.4. The Morgan fingerprint density at radius 3 is 2.62 bits per heavy atom. The Morgan fingerprint density at radius 2 is 2.00 bits per heavy atom. The summed E-state index contributed by atoms with van der Waals surface area (Å²) in [6, 6.07) is 4.80. The molecule has 0 saturated carbocycles. The standard InChI is InChI=1S/C16H18FN2O4P/c1-16(2,3)8-9-4-5-11-13(12(9)17)19-14(18-11)10-6-7-23-15(10)24(20,21)22/h4-7H,8H2,1-3H3,(H,18,19)(H2,20,21,22). The monoisotopic (exact) mass is 352 g/mol. The molecule has 0 aliphatic carbocycles. The van der Waals surface area contributed by atoms with Crippen molar-refractivity contribution in [3.05, 3.63) is 35.8 Å². The molecular weight excluding hydrogens is 334 g/mol. The van der Waals surface area contributed by atoms with E-state index in [1.807, 2.05) is 20.8 Å². The molecule has 2 heterocycles. The number of hydrogen-bond acceptors (Lipinski definition) is 3. The van der Waals surface area contributed by atoms with Gasteiger partial charge in [0.15, 0.2) is 5.82 Å². The van der Waals surface area contributed by atoms with Gasteiger partial charge in [-0.15, -0.1) is 0 Å². The van der Waals surface area contributed by atoms with Crippen molar-refractivity contribution < 1.29 is 23.2 Å². The van der Waals surface area contributed by atoms with Gasteiger partial charge in [0.1, 0.15) is 11.3 Å². The van der Waals surface area contributed by atoms with Gasteiger partial charge >= 0.3 is 7.60 Å². The molecule has 6 nitrogen and oxygen atoms in total. The lowest BCUT2D eigenvalue weighted by atomic mass is 9.88. The Labute approximate surface area is 137 Å². The first kappa shape index (κ1) is 16.9. The van der Waals surface area contributed by atoms with E-state index in [9.17, 15) is 18.7 Å². The highest BCUT2D eigenvalue weighted by Crippen LogP contribution is 2.38.